The summed E-state index contributed by atoms with van der Waals surface area (Å²) in [5.41, 5.74) is 1.41. The summed E-state index contributed by atoms with van der Waals surface area (Å²) in [6.45, 7) is 4.49. The molecule has 0 saturated carbocycles. The zero-order valence-electron chi connectivity index (χ0n) is 10.1. The van der Waals surface area contributed by atoms with Gasteiger partial charge >= 0.3 is 0 Å². The van der Waals surface area contributed by atoms with E-state index in [4.69, 9.17) is 0 Å². The van der Waals surface area contributed by atoms with Crippen LogP contribution in [0.5, 0.6) is 0 Å². The molecule has 3 rings (SSSR count). The maximum Gasteiger partial charge on any atom is 0.0349 e. The summed E-state index contributed by atoms with van der Waals surface area (Å²) in [5, 5.41) is 5.22. The molecule has 0 bridgehead atoms. The van der Waals surface area contributed by atoms with Crippen molar-refractivity contribution in [2.24, 2.45) is 0 Å². The lowest BCUT2D eigenvalue weighted by Gasteiger charge is -2.13. The largest absolute Gasteiger partial charge is 0.264 e. The topological polar surface area (TPSA) is 12.9 Å². The van der Waals surface area contributed by atoms with Gasteiger partial charge in [0.2, 0.25) is 0 Å². The van der Waals surface area contributed by atoms with Gasteiger partial charge < -0.3 is 0 Å². The van der Waals surface area contributed by atoms with Crippen molar-refractivity contribution in [2.75, 3.05) is 0 Å². The molecule has 0 aliphatic heterocycles. The zero-order valence-corrected chi connectivity index (χ0v) is 10.1. The molecule has 0 atom stereocenters. The van der Waals surface area contributed by atoms with Crippen LogP contribution in [0.4, 0.5) is 0 Å². The van der Waals surface area contributed by atoms with E-state index in [0.717, 1.165) is 0 Å². The number of hydrogen-bond acceptors (Lipinski definition) is 1. The number of aromatic nitrogens is 1. The van der Waals surface area contributed by atoms with Gasteiger partial charge in [-0.15, -0.1) is 0 Å². The first-order chi connectivity index (χ1) is 8.27. The van der Waals surface area contributed by atoms with Crippen LogP contribution in [0.15, 0.2) is 48.8 Å². The van der Waals surface area contributed by atoms with Gasteiger partial charge in [0, 0.05) is 17.8 Å². The maximum atomic E-state index is 4.26. The quantitative estimate of drug-likeness (QED) is 0.551. The summed E-state index contributed by atoms with van der Waals surface area (Å²) in [4.78, 5) is 4.26. The van der Waals surface area contributed by atoms with Gasteiger partial charge in [0.25, 0.3) is 0 Å². The summed E-state index contributed by atoms with van der Waals surface area (Å²) in [7, 11) is 0. The van der Waals surface area contributed by atoms with E-state index >= 15 is 0 Å². The highest BCUT2D eigenvalue weighted by Crippen LogP contribution is 2.32. The molecule has 0 aliphatic rings. The first-order valence-electron chi connectivity index (χ1n) is 6.03. The predicted octanol–water partition coefficient (Wildman–Crippen LogP) is 4.51. The van der Waals surface area contributed by atoms with Crippen molar-refractivity contribution in [2.45, 2.75) is 19.8 Å². The highest BCUT2D eigenvalue weighted by atomic mass is 14.6. The Morgan fingerprint density at radius 1 is 0.941 bits per heavy atom. The Hall–Kier alpha value is -1.89. The van der Waals surface area contributed by atoms with E-state index in [-0.39, 0.29) is 0 Å². The summed E-state index contributed by atoms with van der Waals surface area (Å²) < 4.78 is 0. The van der Waals surface area contributed by atoms with E-state index in [0.29, 0.717) is 5.92 Å². The molecule has 0 aliphatic carbocycles. The molecule has 0 N–H and O–H groups in total. The molecule has 1 heterocycles. The Kier molecular flexibility index (Phi) is 2.32. The average molecular weight is 221 g/mol. The third-order valence-corrected chi connectivity index (χ3v) is 3.28. The number of rotatable bonds is 1. The molecule has 17 heavy (non-hydrogen) atoms. The molecule has 3 aromatic rings. The van der Waals surface area contributed by atoms with E-state index in [1.807, 2.05) is 12.4 Å². The molecule has 0 unspecified atom stereocenters. The molecular formula is C16H15N. The van der Waals surface area contributed by atoms with E-state index in [1.165, 1.54) is 27.1 Å². The van der Waals surface area contributed by atoms with Gasteiger partial charge in [-0.25, -0.2) is 0 Å². The van der Waals surface area contributed by atoms with Gasteiger partial charge in [0.1, 0.15) is 0 Å². The molecule has 2 aromatic carbocycles. The van der Waals surface area contributed by atoms with Crippen LogP contribution in [0.3, 0.4) is 0 Å². The number of fused-ring (bicyclic) bond motifs is 2. The van der Waals surface area contributed by atoms with E-state index < -0.39 is 0 Å². The monoisotopic (exact) mass is 221 g/mol. The van der Waals surface area contributed by atoms with Gasteiger partial charge in [-0.3, -0.25) is 4.98 Å². The third-order valence-electron chi connectivity index (χ3n) is 3.28. The Morgan fingerprint density at radius 2 is 1.71 bits per heavy atom. The molecule has 0 fully saturated rings. The van der Waals surface area contributed by atoms with Crippen molar-refractivity contribution in [3.05, 3.63) is 54.4 Å². The van der Waals surface area contributed by atoms with Crippen molar-refractivity contribution in [3.63, 3.8) is 0 Å². The minimum atomic E-state index is 0.507. The van der Waals surface area contributed by atoms with Crippen molar-refractivity contribution < 1.29 is 0 Å². The molecule has 1 nitrogen and oxygen atoms in total. The van der Waals surface area contributed by atoms with Crippen LogP contribution in [0.25, 0.3) is 21.5 Å². The smallest absolute Gasteiger partial charge is 0.0349 e. The number of pyridine rings is 1. The molecule has 0 amide bonds. The first kappa shape index (κ1) is 10.3. The Labute approximate surface area is 101 Å². The maximum absolute atomic E-state index is 4.26. The van der Waals surface area contributed by atoms with Crippen LogP contribution >= 0.6 is 0 Å². The lowest BCUT2D eigenvalue weighted by atomic mass is 9.91. The fraction of sp³-hybridized carbons (Fsp3) is 0.188. The Bertz CT molecular complexity index is 629. The second kappa shape index (κ2) is 3.85. The van der Waals surface area contributed by atoms with E-state index in [2.05, 4.69) is 55.2 Å². The molecule has 1 aromatic heterocycles. The Balaban J connectivity index is 2.56. The van der Waals surface area contributed by atoms with Gasteiger partial charge in [0.15, 0.2) is 0 Å². The number of hydrogen-bond donors (Lipinski definition) is 0. The standard InChI is InChI=1S/C16H15N/c1-11(2)16-14-6-4-3-5-12(14)9-13-7-8-17-10-15(13)16/h3-11H,1-2H3. The van der Waals surface area contributed by atoms with Gasteiger partial charge in [-0.1, -0.05) is 38.1 Å². The van der Waals surface area contributed by atoms with Gasteiger partial charge in [0.05, 0.1) is 0 Å². The second-order valence-corrected chi connectivity index (χ2v) is 4.76. The normalized spacial score (nSPS) is 11.5. The van der Waals surface area contributed by atoms with E-state index in [1.54, 1.807) is 0 Å². The lowest BCUT2D eigenvalue weighted by molar-refractivity contribution is 0.885. The summed E-state index contributed by atoms with van der Waals surface area (Å²) >= 11 is 0. The average Bonchev–Trinajstić information content (AvgIpc) is 2.35. The van der Waals surface area contributed by atoms with Crippen LogP contribution < -0.4 is 0 Å². The van der Waals surface area contributed by atoms with E-state index in [9.17, 15) is 0 Å². The van der Waals surface area contributed by atoms with Crippen molar-refractivity contribution in [1.29, 1.82) is 0 Å². The summed E-state index contributed by atoms with van der Waals surface area (Å²) in [5.74, 6) is 0.507. The highest BCUT2D eigenvalue weighted by molar-refractivity contribution is 6.02. The third kappa shape index (κ3) is 1.59. The van der Waals surface area contributed by atoms with Crippen molar-refractivity contribution in [3.8, 4) is 0 Å². The van der Waals surface area contributed by atoms with Crippen LogP contribution in [-0.2, 0) is 0 Å². The Morgan fingerprint density at radius 3 is 2.53 bits per heavy atom. The SMILES string of the molecule is CC(C)c1c2ccccc2cc2ccncc12. The zero-order chi connectivity index (χ0) is 11.8. The molecule has 84 valence electrons. The van der Waals surface area contributed by atoms with Crippen LogP contribution in [-0.4, -0.2) is 4.98 Å². The highest BCUT2D eigenvalue weighted by Gasteiger charge is 2.10. The van der Waals surface area contributed by atoms with Crippen LogP contribution in [0.1, 0.15) is 25.3 Å². The van der Waals surface area contributed by atoms with Gasteiger partial charge in [-0.05, 0) is 39.8 Å². The van der Waals surface area contributed by atoms with Crippen LogP contribution in [0.2, 0.25) is 0 Å². The molecular weight excluding hydrogens is 206 g/mol. The first-order valence-corrected chi connectivity index (χ1v) is 6.03. The number of benzene rings is 2. The minimum absolute atomic E-state index is 0.507. The minimum Gasteiger partial charge on any atom is -0.264 e. The molecule has 1 heteroatoms. The van der Waals surface area contributed by atoms with Crippen molar-refractivity contribution in [1.82, 2.24) is 4.98 Å². The van der Waals surface area contributed by atoms with Gasteiger partial charge in [-0.2, -0.15) is 0 Å². The second-order valence-electron chi connectivity index (χ2n) is 4.76. The number of nitrogens with zero attached hydrogens (tertiary/aromatic N) is 1. The lowest BCUT2D eigenvalue weighted by Crippen LogP contribution is -1.92. The summed E-state index contributed by atoms with van der Waals surface area (Å²) in [6.07, 6.45) is 3.85. The van der Waals surface area contributed by atoms with Crippen LogP contribution in [0, 0.1) is 0 Å². The molecule has 0 radical (unpaired) electrons. The summed E-state index contributed by atoms with van der Waals surface area (Å²) in [6, 6.07) is 12.9. The fourth-order valence-corrected chi connectivity index (χ4v) is 2.56. The predicted molar refractivity (Wildman–Crippen MR) is 73.3 cm³/mol. The molecule has 0 saturated heterocycles. The van der Waals surface area contributed by atoms with Crippen molar-refractivity contribution >= 4 is 21.5 Å². The molecule has 0 spiro atoms. The fourth-order valence-electron chi connectivity index (χ4n) is 2.56.